The molecule has 78 valence electrons. The van der Waals surface area contributed by atoms with Crippen molar-refractivity contribution in [3.8, 4) is 0 Å². The molecule has 0 aliphatic rings. The van der Waals surface area contributed by atoms with Crippen LogP contribution in [0, 0.1) is 0 Å². The lowest BCUT2D eigenvalue weighted by atomic mass is 10.2. The molecule has 0 radical (unpaired) electrons. The molecule has 0 bridgehead atoms. The Morgan fingerprint density at radius 1 is 1.33 bits per heavy atom. The number of hydrogen-bond acceptors (Lipinski definition) is 4. The molecule has 7 heteroatoms. The van der Waals surface area contributed by atoms with Crippen LogP contribution in [0.15, 0.2) is 34.1 Å². The van der Waals surface area contributed by atoms with E-state index in [1.807, 2.05) is 0 Å². The average Bonchev–Trinajstić information content (AvgIpc) is 2.16. The number of benzene rings is 1. The largest absolute Gasteiger partial charge is 0.272 e. The van der Waals surface area contributed by atoms with Gasteiger partial charge in [-0.1, -0.05) is 6.07 Å². The minimum atomic E-state index is -3.78. The summed E-state index contributed by atoms with van der Waals surface area (Å²) in [6, 6.07) is 4.04. The summed E-state index contributed by atoms with van der Waals surface area (Å²) in [5, 5.41) is 11.5. The van der Waals surface area contributed by atoms with Crippen molar-refractivity contribution in [2.45, 2.75) is 4.90 Å². The second-order valence-electron chi connectivity index (χ2n) is 2.99. The predicted octanol–water partition coefficient (Wildman–Crippen LogP) is -0.430. The lowest BCUT2D eigenvalue weighted by Crippen LogP contribution is -2.13. The number of aromatic amines is 1. The summed E-state index contributed by atoms with van der Waals surface area (Å²) in [5.41, 5.74) is -0.446. The molecule has 0 spiro atoms. The molecule has 2 aromatic rings. The molecule has 1 aromatic heterocycles. The van der Waals surface area contributed by atoms with E-state index in [4.69, 9.17) is 5.14 Å². The van der Waals surface area contributed by atoms with Crippen molar-refractivity contribution in [3.05, 3.63) is 34.7 Å². The Kier molecular flexibility index (Phi) is 2.06. The number of nitrogens with two attached hydrogens (primary N) is 1. The quantitative estimate of drug-likeness (QED) is 0.686. The van der Waals surface area contributed by atoms with E-state index in [0.717, 1.165) is 0 Å². The molecule has 15 heavy (non-hydrogen) atoms. The summed E-state index contributed by atoms with van der Waals surface area (Å²) in [6.45, 7) is 0. The van der Waals surface area contributed by atoms with Crippen molar-refractivity contribution in [2.75, 3.05) is 0 Å². The highest BCUT2D eigenvalue weighted by Gasteiger charge is 2.09. The van der Waals surface area contributed by atoms with Crippen LogP contribution in [-0.4, -0.2) is 18.6 Å². The van der Waals surface area contributed by atoms with Gasteiger partial charge in [-0.3, -0.25) is 4.79 Å². The predicted molar refractivity (Wildman–Crippen MR) is 53.7 cm³/mol. The topological polar surface area (TPSA) is 106 Å². The molecular weight excluding hydrogens is 218 g/mol. The lowest BCUT2D eigenvalue weighted by Gasteiger charge is -1.99. The monoisotopic (exact) mass is 225 g/mol. The summed E-state index contributed by atoms with van der Waals surface area (Å²) in [7, 11) is -3.78. The molecule has 1 aromatic carbocycles. The van der Waals surface area contributed by atoms with E-state index in [-0.39, 0.29) is 10.3 Å². The van der Waals surface area contributed by atoms with Gasteiger partial charge < -0.3 is 0 Å². The molecule has 6 nitrogen and oxygen atoms in total. The normalized spacial score (nSPS) is 11.8. The summed E-state index contributed by atoms with van der Waals surface area (Å²) in [4.78, 5) is 11.2. The Morgan fingerprint density at radius 3 is 2.73 bits per heavy atom. The average molecular weight is 225 g/mol. The van der Waals surface area contributed by atoms with Gasteiger partial charge in [0.15, 0.2) is 0 Å². The molecule has 0 amide bonds. The SMILES string of the molecule is NS(=O)(=O)c1ccc2cn[nH]c(=O)c2c1. The van der Waals surface area contributed by atoms with Gasteiger partial charge in [0.1, 0.15) is 0 Å². The van der Waals surface area contributed by atoms with E-state index in [1.165, 1.54) is 24.4 Å². The molecule has 3 N–H and O–H groups in total. The molecule has 0 fully saturated rings. The number of H-pyrrole nitrogens is 1. The third-order valence-corrected chi connectivity index (χ3v) is 2.88. The number of sulfonamides is 1. The van der Waals surface area contributed by atoms with E-state index < -0.39 is 15.6 Å². The van der Waals surface area contributed by atoms with Crippen LogP contribution >= 0.6 is 0 Å². The first kappa shape index (κ1) is 9.81. The summed E-state index contributed by atoms with van der Waals surface area (Å²) in [6.07, 6.45) is 1.43. The number of nitrogens with one attached hydrogen (secondary N) is 1. The number of aromatic nitrogens is 2. The second kappa shape index (κ2) is 3.14. The van der Waals surface area contributed by atoms with Crippen molar-refractivity contribution < 1.29 is 8.42 Å². The fourth-order valence-corrected chi connectivity index (χ4v) is 1.78. The molecule has 0 saturated carbocycles. The van der Waals surface area contributed by atoms with Crippen molar-refractivity contribution in [2.24, 2.45) is 5.14 Å². The van der Waals surface area contributed by atoms with Gasteiger partial charge in [0.2, 0.25) is 10.0 Å². The summed E-state index contributed by atoms with van der Waals surface area (Å²) < 4.78 is 22.1. The molecule has 1 heterocycles. The van der Waals surface area contributed by atoms with Crippen molar-refractivity contribution >= 4 is 20.8 Å². The molecule has 0 unspecified atom stereocenters. The van der Waals surface area contributed by atoms with Crippen molar-refractivity contribution in [3.63, 3.8) is 0 Å². The maximum Gasteiger partial charge on any atom is 0.272 e. The number of nitrogens with zero attached hydrogens (tertiary/aromatic N) is 1. The third-order valence-electron chi connectivity index (χ3n) is 1.97. The highest BCUT2D eigenvalue weighted by molar-refractivity contribution is 7.89. The van der Waals surface area contributed by atoms with Crippen molar-refractivity contribution in [1.29, 1.82) is 0 Å². The molecule has 2 rings (SSSR count). The van der Waals surface area contributed by atoms with Gasteiger partial charge in [0.25, 0.3) is 5.56 Å². The number of rotatable bonds is 1. The molecular formula is C8H7N3O3S. The van der Waals surface area contributed by atoms with Crippen LogP contribution in [0.2, 0.25) is 0 Å². The molecule has 0 aliphatic carbocycles. The Hall–Kier alpha value is -1.73. The zero-order valence-electron chi connectivity index (χ0n) is 7.47. The van der Waals surface area contributed by atoms with Gasteiger partial charge in [-0.15, -0.1) is 0 Å². The minimum Gasteiger partial charge on any atom is -0.267 e. The molecule has 0 aliphatic heterocycles. The Bertz CT molecular complexity index is 675. The van der Waals surface area contributed by atoms with Crippen LogP contribution in [0.25, 0.3) is 10.8 Å². The van der Waals surface area contributed by atoms with Crippen LogP contribution in [0.1, 0.15) is 0 Å². The standard InChI is InChI=1S/C8H7N3O3S/c9-15(13,14)6-2-1-5-4-10-11-8(12)7(5)3-6/h1-4H,(H,11,12)(H2,9,13,14). The van der Waals surface area contributed by atoms with E-state index in [9.17, 15) is 13.2 Å². The fraction of sp³-hybridized carbons (Fsp3) is 0. The van der Waals surface area contributed by atoms with Crippen LogP contribution in [-0.2, 0) is 10.0 Å². The zero-order valence-corrected chi connectivity index (χ0v) is 8.28. The van der Waals surface area contributed by atoms with E-state index in [2.05, 4.69) is 10.2 Å². The highest BCUT2D eigenvalue weighted by Crippen LogP contribution is 2.13. The highest BCUT2D eigenvalue weighted by atomic mass is 32.2. The maximum atomic E-state index is 11.3. The molecule has 0 saturated heterocycles. The van der Waals surface area contributed by atoms with Gasteiger partial charge in [0.05, 0.1) is 16.5 Å². The lowest BCUT2D eigenvalue weighted by molar-refractivity contribution is 0.598. The van der Waals surface area contributed by atoms with Gasteiger partial charge in [-0.2, -0.15) is 5.10 Å². The molecule has 0 atom stereocenters. The Balaban J connectivity index is 2.88. The maximum absolute atomic E-state index is 11.3. The van der Waals surface area contributed by atoms with Crippen LogP contribution in [0.4, 0.5) is 0 Å². The summed E-state index contributed by atoms with van der Waals surface area (Å²) >= 11 is 0. The van der Waals surface area contributed by atoms with Crippen molar-refractivity contribution in [1.82, 2.24) is 10.2 Å². The number of primary sulfonamides is 1. The van der Waals surface area contributed by atoms with E-state index in [0.29, 0.717) is 5.39 Å². The summed E-state index contributed by atoms with van der Waals surface area (Å²) in [5.74, 6) is 0. The smallest absolute Gasteiger partial charge is 0.267 e. The van der Waals surface area contributed by atoms with Crippen LogP contribution in [0.3, 0.4) is 0 Å². The first-order valence-electron chi connectivity index (χ1n) is 3.99. The van der Waals surface area contributed by atoms with Crippen LogP contribution < -0.4 is 10.7 Å². The third kappa shape index (κ3) is 1.74. The van der Waals surface area contributed by atoms with Gasteiger partial charge in [-0.05, 0) is 12.1 Å². The first-order valence-corrected chi connectivity index (χ1v) is 5.53. The van der Waals surface area contributed by atoms with Gasteiger partial charge in [-0.25, -0.2) is 18.7 Å². The fourth-order valence-electron chi connectivity index (χ4n) is 1.24. The van der Waals surface area contributed by atoms with Crippen LogP contribution in [0.5, 0.6) is 0 Å². The van der Waals surface area contributed by atoms with Gasteiger partial charge >= 0.3 is 0 Å². The van der Waals surface area contributed by atoms with E-state index in [1.54, 1.807) is 0 Å². The minimum absolute atomic E-state index is 0.0910. The zero-order chi connectivity index (χ0) is 11.1. The second-order valence-corrected chi connectivity index (χ2v) is 4.55. The van der Waals surface area contributed by atoms with Gasteiger partial charge in [0, 0.05) is 5.39 Å². The Morgan fingerprint density at radius 2 is 2.07 bits per heavy atom. The number of fused-ring (bicyclic) bond motifs is 1. The Labute approximate surface area is 84.8 Å². The van der Waals surface area contributed by atoms with E-state index >= 15 is 0 Å². The number of hydrogen-bond donors (Lipinski definition) is 2. The first-order chi connectivity index (χ1) is 6.98.